The molecular weight excluding hydrogens is 182 g/mol. The Morgan fingerprint density at radius 2 is 1.78 bits per heavy atom. The van der Waals surface area contributed by atoms with Crippen LogP contribution in [0.5, 0.6) is 0 Å². The molecule has 0 spiro atoms. The molecule has 4 heteroatoms. The summed E-state index contributed by atoms with van der Waals surface area (Å²) in [5, 5.41) is 14.5. The molecule has 0 fully saturated rings. The normalized spacial score (nSPS) is 8.89. The lowest BCUT2D eigenvalue weighted by atomic mass is 10.7. The Labute approximate surface area is 62.5 Å². The van der Waals surface area contributed by atoms with Crippen molar-refractivity contribution in [2.75, 3.05) is 0 Å². The number of nitrogens with zero attached hydrogens (tertiary/aromatic N) is 2. The van der Waals surface area contributed by atoms with Gasteiger partial charge in [0, 0.05) is 0 Å². The smallest absolute Gasteiger partial charge is 0.181 e. The van der Waals surface area contributed by atoms with Crippen LogP contribution in [0.4, 0.5) is 0 Å². The molecular formula is C5H6BrN3. The zero-order valence-electron chi connectivity index (χ0n) is 4.71. The van der Waals surface area contributed by atoms with Crippen molar-refractivity contribution in [3.63, 3.8) is 0 Å². The fourth-order valence-electron chi connectivity index (χ4n) is 0. The highest BCUT2D eigenvalue weighted by atomic mass is 79.9. The van der Waals surface area contributed by atoms with Crippen LogP contribution in [0.15, 0.2) is 12.7 Å². The Morgan fingerprint density at radius 1 is 1.56 bits per heavy atom. The number of nitrogens with two attached hydrogens (primary N) is 1. The van der Waals surface area contributed by atoms with Gasteiger partial charge in [-0.2, -0.15) is 10.5 Å². The van der Waals surface area contributed by atoms with Crippen molar-refractivity contribution in [3.05, 3.63) is 12.7 Å². The molecule has 2 N–H and O–H groups in total. The number of alkyl halides is 1. The summed E-state index contributed by atoms with van der Waals surface area (Å²) in [7, 11) is 0. The maximum absolute atomic E-state index is 7.26. The Kier molecular flexibility index (Phi) is 12.5. The van der Waals surface area contributed by atoms with E-state index < -0.39 is 0 Å². The largest absolute Gasteiger partial charge is 0.316 e. The highest BCUT2D eigenvalue weighted by molar-refractivity contribution is 9.09. The number of nitriles is 2. The zero-order chi connectivity index (χ0) is 7.70. The van der Waals surface area contributed by atoms with Crippen LogP contribution < -0.4 is 5.73 Å². The summed E-state index contributed by atoms with van der Waals surface area (Å²) in [6.45, 7) is 3.39. The van der Waals surface area contributed by atoms with Gasteiger partial charge in [0.25, 0.3) is 0 Å². The van der Waals surface area contributed by atoms with Crippen molar-refractivity contribution in [3.8, 4) is 12.1 Å². The molecule has 0 aliphatic carbocycles. The minimum atomic E-state index is -0.0394. The predicted octanol–water partition coefficient (Wildman–Crippen LogP) is 0.886. The van der Waals surface area contributed by atoms with E-state index >= 15 is 0 Å². The number of rotatable bonds is 1. The number of hydrogen-bond acceptors (Lipinski definition) is 3. The van der Waals surface area contributed by atoms with Gasteiger partial charge in [0.2, 0.25) is 0 Å². The quantitative estimate of drug-likeness (QED) is 0.377. The van der Waals surface area contributed by atoms with Crippen molar-refractivity contribution in [2.45, 2.75) is 4.95 Å². The average molecular weight is 188 g/mol. The molecule has 0 amide bonds. The first-order chi connectivity index (χ1) is 4.18. The molecule has 48 valence electrons. The third-order valence-corrected chi connectivity index (χ3v) is 0.649. The first-order valence-electron chi connectivity index (χ1n) is 1.99. The molecule has 3 nitrogen and oxygen atoms in total. The van der Waals surface area contributed by atoms with Gasteiger partial charge in [-0.15, -0.1) is 6.58 Å². The van der Waals surface area contributed by atoms with E-state index in [4.69, 9.17) is 16.3 Å². The molecule has 0 aliphatic rings. The molecule has 0 radical (unpaired) electrons. The van der Waals surface area contributed by atoms with E-state index in [1.807, 2.05) is 0 Å². The number of hydrogen-bond donors (Lipinski definition) is 1. The molecule has 0 aromatic rings. The Morgan fingerprint density at radius 3 is 1.78 bits per heavy atom. The van der Waals surface area contributed by atoms with Gasteiger partial charge in [-0.1, -0.05) is 22.0 Å². The van der Waals surface area contributed by atoms with Gasteiger partial charge < -0.3 is 5.73 Å². The van der Waals surface area contributed by atoms with Crippen LogP contribution in [-0.2, 0) is 0 Å². The van der Waals surface area contributed by atoms with E-state index in [1.165, 1.54) is 12.1 Å². The summed E-state index contributed by atoms with van der Waals surface area (Å²) in [5.74, 6) is 0. The lowest BCUT2D eigenvalue weighted by molar-refractivity contribution is 1.19. The third-order valence-electron chi connectivity index (χ3n) is 0.275. The van der Waals surface area contributed by atoms with Gasteiger partial charge in [0.05, 0.1) is 4.95 Å². The minimum absolute atomic E-state index is 0.0394. The fraction of sp³-hybridized carbons (Fsp3) is 0.200. The molecule has 0 saturated heterocycles. The molecule has 0 aromatic carbocycles. The average Bonchev–Trinajstić information content (AvgIpc) is 1.89. The van der Waals surface area contributed by atoms with Gasteiger partial charge in [0.1, 0.15) is 0 Å². The molecule has 9 heavy (non-hydrogen) atoms. The van der Waals surface area contributed by atoms with E-state index in [-0.39, 0.29) is 4.95 Å². The molecule has 0 saturated carbocycles. The first-order valence-corrected chi connectivity index (χ1v) is 2.91. The Balaban J connectivity index is 0. The summed E-state index contributed by atoms with van der Waals surface area (Å²) in [5.41, 5.74) is 5.09. The zero-order valence-corrected chi connectivity index (χ0v) is 6.30. The second-order valence-corrected chi connectivity index (χ2v) is 1.96. The topological polar surface area (TPSA) is 73.6 Å². The van der Waals surface area contributed by atoms with Crippen molar-refractivity contribution in [1.29, 1.82) is 10.5 Å². The molecule has 0 aromatic heterocycles. The van der Waals surface area contributed by atoms with Gasteiger partial charge in [-0.25, -0.2) is 0 Å². The van der Waals surface area contributed by atoms with Crippen molar-refractivity contribution in [2.24, 2.45) is 5.73 Å². The van der Waals surface area contributed by atoms with Crippen molar-refractivity contribution in [1.82, 2.24) is 0 Å². The van der Waals surface area contributed by atoms with Gasteiger partial charge >= 0.3 is 0 Å². The van der Waals surface area contributed by atoms with Crippen LogP contribution in [0.3, 0.4) is 0 Å². The lowest BCUT2D eigenvalue weighted by Crippen LogP contribution is -2.04. The van der Waals surface area contributed by atoms with E-state index in [0.29, 0.717) is 0 Å². The molecule has 0 bridgehead atoms. The maximum atomic E-state index is 7.26. The molecule has 0 aliphatic heterocycles. The van der Waals surface area contributed by atoms with Crippen LogP contribution in [0, 0.1) is 22.7 Å². The van der Waals surface area contributed by atoms with Crippen molar-refractivity contribution >= 4 is 15.9 Å². The lowest BCUT2D eigenvalue weighted by Gasteiger charge is -1.83. The van der Waals surface area contributed by atoms with E-state index in [1.54, 1.807) is 6.08 Å². The minimum Gasteiger partial charge on any atom is -0.316 e. The van der Waals surface area contributed by atoms with E-state index in [2.05, 4.69) is 22.5 Å². The maximum Gasteiger partial charge on any atom is 0.181 e. The molecule has 0 heterocycles. The summed E-state index contributed by atoms with van der Waals surface area (Å²) >= 11 is 3.03. The number of halogens is 1. The van der Waals surface area contributed by atoms with Crippen LogP contribution in [0.2, 0.25) is 0 Å². The standard InChI is InChI=1S/C3H6BrN.C2N2/c1-2-3(4)5;3-1-2-4/h2-3H,1,5H2;. The second-order valence-electron chi connectivity index (χ2n) is 0.904. The molecule has 1 unspecified atom stereocenters. The second kappa shape index (κ2) is 10.2. The third kappa shape index (κ3) is 40.9. The fourth-order valence-corrected chi connectivity index (χ4v) is 0. The van der Waals surface area contributed by atoms with Gasteiger partial charge in [-0.3, -0.25) is 0 Å². The van der Waals surface area contributed by atoms with Crippen molar-refractivity contribution < 1.29 is 0 Å². The summed E-state index contributed by atoms with van der Waals surface area (Å²) in [6.07, 6.45) is 1.61. The SMILES string of the molecule is C=CC(N)Br.N#CC#N. The van der Waals surface area contributed by atoms with Crippen LogP contribution in [0.1, 0.15) is 0 Å². The summed E-state index contributed by atoms with van der Waals surface area (Å²) in [4.78, 5) is -0.0394. The predicted molar refractivity (Wildman–Crippen MR) is 38.3 cm³/mol. The molecule has 1 atom stereocenters. The van der Waals surface area contributed by atoms with Gasteiger partial charge in [0.15, 0.2) is 12.1 Å². The highest BCUT2D eigenvalue weighted by Gasteiger charge is 1.76. The summed E-state index contributed by atoms with van der Waals surface area (Å²) < 4.78 is 0. The highest BCUT2D eigenvalue weighted by Crippen LogP contribution is 1.85. The summed E-state index contributed by atoms with van der Waals surface area (Å²) in [6, 6.07) is 2.47. The monoisotopic (exact) mass is 187 g/mol. The molecule has 0 rings (SSSR count). The Bertz CT molecular complexity index is 127. The van der Waals surface area contributed by atoms with Crippen LogP contribution in [0.25, 0.3) is 0 Å². The first kappa shape index (κ1) is 11.0. The van der Waals surface area contributed by atoms with Crippen LogP contribution >= 0.6 is 15.9 Å². The van der Waals surface area contributed by atoms with Crippen LogP contribution in [-0.4, -0.2) is 4.95 Å². The van der Waals surface area contributed by atoms with E-state index in [0.717, 1.165) is 0 Å². The van der Waals surface area contributed by atoms with Gasteiger partial charge in [-0.05, 0) is 0 Å². The van der Waals surface area contributed by atoms with E-state index in [9.17, 15) is 0 Å². The Hall–Kier alpha value is -0.840.